The fraction of sp³-hybridized carbons (Fsp3) is 0.500. The van der Waals surface area contributed by atoms with Crippen LogP contribution in [0.3, 0.4) is 0 Å². The Hall–Kier alpha value is -1.91. The number of Topliss-reactive ketones (excluding diaryl/α,β-unsaturated/α-hetero) is 1. The van der Waals surface area contributed by atoms with Crippen molar-refractivity contribution in [1.82, 2.24) is 4.98 Å². The van der Waals surface area contributed by atoms with Crippen LogP contribution in [0.1, 0.15) is 36.5 Å². The van der Waals surface area contributed by atoms with Crippen molar-refractivity contribution >= 4 is 17.5 Å². The molecule has 5 heteroatoms. The van der Waals surface area contributed by atoms with Crippen LogP contribution in [0.4, 0.5) is 5.82 Å². The summed E-state index contributed by atoms with van der Waals surface area (Å²) in [5.74, 6) is 1.09. The Balaban J connectivity index is 1.94. The Morgan fingerprint density at radius 1 is 1.37 bits per heavy atom. The smallest absolute Gasteiger partial charge is 0.217 e. The summed E-state index contributed by atoms with van der Waals surface area (Å²) in [5, 5.41) is 0. The molecule has 1 amide bonds. The number of hydrogen-bond donors (Lipinski definition) is 1. The number of nitrogens with two attached hydrogens (primary N) is 1. The van der Waals surface area contributed by atoms with Crippen LogP contribution in [-0.2, 0) is 4.79 Å². The molecule has 0 unspecified atom stereocenters. The quantitative estimate of drug-likeness (QED) is 0.831. The van der Waals surface area contributed by atoms with Gasteiger partial charge in [-0.25, -0.2) is 4.98 Å². The van der Waals surface area contributed by atoms with Gasteiger partial charge in [-0.1, -0.05) is 0 Å². The third-order valence-electron chi connectivity index (χ3n) is 3.58. The monoisotopic (exact) mass is 261 g/mol. The van der Waals surface area contributed by atoms with Crippen LogP contribution >= 0.6 is 0 Å². The minimum atomic E-state index is -0.220. The Morgan fingerprint density at radius 3 is 2.53 bits per heavy atom. The number of aromatic nitrogens is 1. The minimum Gasteiger partial charge on any atom is -0.370 e. The van der Waals surface area contributed by atoms with E-state index in [1.54, 1.807) is 12.3 Å². The second-order valence-corrected chi connectivity index (χ2v) is 5.06. The zero-order chi connectivity index (χ0) is 13.8. The van der Waals surface area contributed by atoms with Gasteiger partial charge in [-0.05, 0) is 37.8 Å². The predicted octanol–water partition coefficient (Wildman–Crippen LogP) is 1.38. The first-order valence-electron chi connectivity index (χ1n) is 6.56. The molecule has 0 spiro atoms. The number of carbonyl (C=O) groups is 2. The average Bonchev–Trinajstić information content (AvgIpc) is 2.39. The number of ketones is 1. The van der Waals surface area contributed by atoms with Crippen LogP contribution in [0.2, 0.25) is 0 Å². The van der Waals surface area contributed by atoms with Crippen molar-refractivity contribution in [3.8, 4) is 0 Å². The Kier molecular flexibility index (Phi) is 4.14. The number of pyridine rings is 1. The van der Waals surface area contributed by atoms with E-state index < -0.39 is 0 Å². The Bertz CT molecular complexity index is 462. The molecule has 1 fully saturated rings. The molecule has 0 aromatic carbocycles. The summed E-state index contributed by atoms with van der Waals surface area (Å²) in [7, 11) is 0. The van der Waals surface area contributed by atoms with Gasteiger partial charge in [-0.3, -0.25) is 9.59 Å². The van der Waals surface area contributed by atoms with Crippen molar-refractivity contribution in [1.29, 1.82) is 0 Å². The molecule has 5 nitrogen and oxygen atoms in total. The highest BCUT2D eigenvalue weighted by molar-refractivity contribution is 5.93. The molecule has 19 heavy (non-hydrogen) atoms. The summed E-state index contributed by atoms with van der Waals surface area (Å²) in [6.07, 6.45) is 4.01. The fourth-order valence-electron chi connectivity index (χ4n) is 2.43. The van der Waals surface area contributed by atoms with Crippen LogP contribution in [-0.4, -0.2) is 29.8 Å². The fourth-order valence-corrected chi connectivity index (χ4v) is 2.43. The molecule has 0 bridgehead atoms. The van der Waals surface area contributed by atoms with E-state index in [0.717, 1.165) is 31.7 Å². The van der Waals surface area contributed by atoms with E-state index in [0.29, 0.717) is 17.9 Å². The number of anilines is 1. The van der Waals surface area contributed by atoms with Gasteiger partial charge in [0.2, 0.25) is 5.91 Å². The van der Waals surface area contributed by atoms with E-state index in [2.05, 4.69) is 9.88 Å². The van der Waals surface area contributed by atoms with Gasteiger partial charge in [0, 0.05) is 31.3 Å². The third kappa shape index (κ3) is 3.53. The maximum Gasteiger partial charge on any atom is 0.217 e. The molecular formula is C14H19N3O2. The Morgan fingerprint density at radius 2 is 2.05 bits per heavy atom. The third-order valence-corrected chi connectivity index (χ3v) is 3.58. The summed E-state index contributed by atoms with van der Waals surface area (Å²) < 4.78 is 0. The van der Waals surface area contributed by atoms with E-state index in [9.17, 15) is 9.59 Å². The highest BCUT2D eigenvalue weighted by atomic mass is 16.1. The highest BCUT2D eigenvalue weighted by Gasteiger charge is 2.21. The lowest BCUT2D eigenvalue weighted by molar-refractivity contribution is -0.119. The van der Waals surface area contributed by atoms with Gasteiger partial charge in [0.1, 0.15) is 5.82 Å². The lowest BCUT2D eigenvalue weighted by Gasteiger charge is -2.32. The summed E-state index contributed by atoms with van der Waals surface area (Å²) in [5.41, 5.74) is 5.85. The van der Waals surface area contributed by atoms with E-state index >= 15 is 0 Å². The zero-order valence-corrected chi connectivity index (χ0v) is 11.1. The SMILES string of the molecule is CC(=O)c1ccc(N2CCC(CC(N)=O)CC2)nc1. The van der Waals surface area contributed by atoms with Crippen molar-refractivity contribution in [2.24, 2.45) is 11.7 Å². The van der Waals surface area contributed by atoms with Crippen molar-refractivity contribution < 1.29 is 9.59 Å². The molecule has 2 N–H and O–H groups in total. The first-order chi connectivity index (χ1) is 9.06. The topological polar surface area (TPSA) is 76.3 Å². The number of rotatable bonds is 4. The van der Waals surface area contributed by atoms with Gasteiger partial charge in [-0.15, -0.1) is 0 Å². The molecule has 1 aliphatic heterocycles. The van der Waals surface area contributed by atoms with Crippen molar-refractivity contribution in [3.05, 3.63) is 23.9 Å². The number of piperidine rings is 1. The molecule has 2 rings (SSSR count). The largest absolute Gasteiger partial charge is 0.370 e. The average molecular weight is 261 g/mol. The molecule has 1 saturated heterocycles. The number of nitrogens with zero attached hydrogens (tertiary/aromatic N) is 2. The lowest BCUT2D eigenvalue weighted by atomic mass is 9.93. The van der Waals surface area contributed by atoms with E-state index in [-0.39, 0.29) is 11.7 Å². The molecule has 0 saturated carbocycles. The molecule has 0 aliphatic carbocycles. The predicted molar refractivity (Wildman–Crippen MR) is 73.0 cm³/mol. The number of hydrogen-bond acceptors (Lipinski definition) is 4. The first-order valence-corrected chi connectivity index (χ1v) is 6.56. The maximum absolute atomic E-state index is 11.2. The molecule has 102 valence electrons. The Labute approximate surface area is 112 Å². The molecule has 2 heterocycles. The number of carbonyl (C=O) groups excluding carboxylic acids is 2. The second kappa shape index (κ2) is 5.82. The van der Waals surface area contributed by atoms with Crippen molar-refractivity contribution in [2.75, 3.05) is 18.0 Å². The number of primary amides is 1. The molecule has 1 aromatic heterocycles. The van der Waals surface area contributed by atoms with Crippen LogP contribution in [0.25, 0.3) is 0 Å². The molecule has 0 radical (unpaired) electrons. The normalized spacial score (nSPS) is 16.4. The van der Waals surface area contributed by atoms with Gasteiger partial charge >= 0.3 is 0 Å². The molecule has 1 aromatic rings. The highest BCUT2D eigenvalue weighted by Crippen LogP contribution is 2.23. The minimum absolute atomic E-state index is 0.0271. The molecule has 0 atom stereocenters. The number of amides is 1. The van der Waals surface area contributed by atoms with Crippen LogP contribution < -0.4 is 10.6 Å². The van der Waals surface area contributed by atoms with Gasteiger partial charge in [0.15, 0.2) is 5.78 Å². The zero-order valence-electron chi connectivity index (χ0n) is 11.1. The summed E-state index contributed by atoms with van der Waals surface area (Å²) in [6.45, 7) is 3.29. The van der Waals surface area contributed by atoms with Crippen LogP contribution in [0.15, 0.2) is 18.3 Å². The van der Waals surface area contributed by atoms with Gasteiger partial charge in [0.25, 0.3) is 0 Å². The van der Waals surface area contributed by atoms with E-state index in [1.165, 1.54) is 6.92 Å². The van der Waals surface area contributed by atoms with E-state index in [1.807, 2.05) is 6.07 Å². The maximum atomic E-state index is 11.2. The standard InChI is InChI=1S/C14H19N3O2/c1-10(18)12-2-3-14(16-9-12)17-6-4-11(5-7-17)8-13(15)19/h2-3,9,11H,4-8H2,1H3,(H2,15,19). The van der Waals surface area contributed by atoms with Crippen molar-refractivity contribution in [3.63, 3.8) is 0 Å². The molecule has 1 aliphatic rings. The van der Waals surface area contributed by atoms with Gasteiger partial charge < -0.3 is 10.6 Å². The lowest BCUT2D eigenvalue weighted by Crippen LogP contribution is -2.35. The van der Waals surface area contributed by atoms with Crippen molar-refractivity contribution in [2.45, 2.75) is 26.2 Å². The van der Waals surface area contributed by atoms with Crippen LogP contribution in [0.5, 0.6) is 0 Å². The summed E-state index contributed by atoms with van der Waals surface area (Å²) >= 11 is 0. The molecular weight excluding hydrogens is 242 g/mol. The van der Waals surface area contributed by atoms with Gasteiger partial charge in [-0.2, -0.15) is 0 Å². The second-order valence-electron chi connectivity index (χ2n) is 5.06. The first kappa shape index (κ1) is 13.5. The van der Waals surface area contributed by atoms with Crippen LogP contribution in [0, 0.1) is 5.92 Å². The van der Waals surface area contributed by atoms with Gasteiger partial charge in [0.05, 0.1) is 0 Å². The summed E-state index contributed by atoms with van der Waals surface area (Å²) in [4.78, 5) is 28.6. The van der Waals surface area contributed by atoms with E-state index in [4.69, 9.17) is 5.73 Å². The summed E-state index contributed by atoms with van der Waals surface area (Å²) in [6, 6.07) is 3.69.